The lowest BCUT2D eigenvalue weighted by Gasteiger charge is -2.14. The average Bonchev–Trinajstić information content (AvgIpc) is 3.98. The molecule has 4 unspecified atom stereocenters. The summed E-state index contributed by atoms with van der Waals surface area (Å²) >= 11 is 0. The predicted octanol–water partition coefficient (Wildman–Crippen LogP) is 6.90. The maximum atomic E-state index is 10.7. The van der Waals surface area contributed by atoms with Gasteiger partial charge in [0.1, 0.15) is 36.9 Å². The molecule has 2 saturated heterocycles. The van der Waals surface area contributed by atoms with E-state index in [0.717, 1.165) is 70.9 Å². The molecule has 4 aromatic rings. The van der Waals surface area contributed by atoms with E-state index in [9.17, 15) is 10.2 Å². The first-order valence-corrected chi connectivity index (χ1v) is 14.9. The van der Waals surface area contributed by atoms with E-state index < -0.39 is 12.2 Å². The van der Waals surface area contributed by atoms with Gasteiger partial charge in [0.25, 0.3) is 0 Å². The quantitative estimate of drug-likeness (QED) is 0.120. The van der Waals surface area contributed by atoms with Crippen LogP contribution in [-0.2, 0) is 9.47 Å². The molecule has 2 aliphatic heterocycles. The summed E-state index contributed by atoms with van der Waals surface area (Å²) in [5.41, 5.74) is 6.24. The topological polar surface area (TPSA) is 84.0 Å². The summed E-state index contributed by atoms with van der Waals surface area (Å²) in [5.74, 6) is 1.69. The highest BCUT2D eigenvalue weighted by Crippen LogP contribution is 2.29. The van der Waals surface area contributed by atoms with Gasteiger partial charge < -0.3 is 29.2 Å². The van der Waals surface area contributed by atoms with Crippen LogP contribution in [0.4, 0.5) is 0 Å². The predicted molar refractivity (Wildman–Crippen MR) is 163 cm³/mol. The number of aliphatic hydroxyl groups is 2. The Balaban J connectivity index is 0.918. The number of epoxide rings is 2. The van der Waals surface area contributed by atoms with Crippen molar-refractivity contribution in [2.24, 2.45) is 0 Å². The van der Waals surface area contributed by atoms with Crippen molar-refractivity contribution < 1.29 is 29.2 Å². The number of hydrogen-bond acceptors (Lipinski definition) is 6. The van der Waals surface area contributed by atoms with Gasteiger partial charge in [0.15, 0.2) is 0 Å². The van der Waals surface area contributed by atoms with Gasteiger partial charge in [-0.2, -0.15) is 0 Å². The average molecular weight is 567 g/mol. The third kappa shape index (κ3) is 7.99. The standard InChI is InChI=1S/C36H38O6/c37-35(29-9-5-25(6-10-29)27-13-17-31(18-14-27)39-21-33-23-41-33)3-1-2-4-36(38)30-11-7-26(8-12-30)28-15-19-32(20-16-28)40-22-34-24-42-34/h5-20,33-38H,1-4,21-24H2. The summed E-state index contributed by atoms with van der Waals surface area (Å²) in [4.78, 5) is 0. The zero-order valence-electron chi connectivity index (χ0n) is 23.7. The maximum Gasteiger partial charge on any atom is 0.119 e. The van der Waals surface area contributed by atoms with Gasteiger partial charge in [-0.05, 0) is 70.5 Å². The Bertz CT molecular complexity index is 1280. The molecule has 2 aliphatic rings. The minimum absolute atomic E-state index is 0.246. The van der Waals surface area contributed by atoms with E-state index in [4.69, 9.17) is 18.9 Å². The van der Waals surface area contributed by atoms with Crippen LogP contribution in [0, 0.1) is 0 Å². The molecule has 6 heteroatoms. The molecule has 0 bridgehead atoms. The van der Waals surface area contributed by atoms with Crippen LogP contribution in [0.2, 0.25) is 0 Å². The monoisotopic (exact) mass is 566 g/mol. The Labute approximate surface area is 247 Å². The van der Waals surface area contributed by atoms with Crippen LogP contribution in [0.3, 0.4) is 0 Å². The van der Waals surface area contributed by atoms with Gasteiger partial charge in [-0.25, -0.2) is 0 Å². The minimum Gasteiger partial charge on any atom is -0.491 e. The molecule has 0 aromatic heterocycles. The smallest absolute Gasteiger partial charge is 0.119 e. The lowest BCUT2D eigenvalue weighted by molar-refractivity contribution is 0.147. The Morgan fingerprint density at radius 3 is 1.14 bits per heavy atom. The maximum absolute atomic E-state index is 10.7. The number of benzene rings is 4. The van der Waals surface area contributed by atoms with Crippen molar-refractivity contribution in [2.45, 2.75) is 50.1 Å². The van der Waals surface area contributed by atoms with Crippen LogP contribution in [0.15, 0.2) is 97.1 Å². The lowest BCUT2D eigenvalue weighted by atomic mass is 9.97. The van der Waals surface area contributed by atoms with E-state index >= 15 is 0 Å². The highest BCUT2D eigenvalue weighted by Gasteiger charge is 2.23. The summed E-state index contributed by atoms with van der Waals surface area (Å²) in [5, 5.41) is 21.4. The fraction of sp³-hybridized carbons (Fsp3) is 0.333. The number of rotatable bonds is 15. The molecule has 218 valence electrons. The molecule has 0 aliphatic carbocycles. The van der Waals surface area contributed by atoms with Crippen LogP contribution < -0.4 is 9.47 Å². The van der Waals surface area contributed by atoms with Crippen molar-refractivity contribution in [1.82, 2.24) is 0 Å². The highest BCUT2D eigenvalue weighted by molar-refractivity contribution is 5.65. The van der Waals surface area contributed by atoms with Crippen LogP contribution >= 0.6 is 0 Å². The molecule has 4 aromatic carbocycles. The van der Waals surface area contributed by atoms with Crippen molar-refractivity contribution in [3.63, 3.8) is 0 Å². The van der Waals surface area contributed by atoms with E-state index in [1.807, 2.05) is 97.1 Å². The first kappa shape index (κ1) is 28.4. The lowest BCUT2D eigenvalue weighted by Crippen LogP contribution is -2.03. The van der Waals surface area contributed by atoms with Crippen LogP contribution in [-0.4, -0.2) is 48.8 Å². The molecule has 2 N–H and O–H groups in total. The number of aliphatic hydroxyl groups excluding tert-OH is 2. The molecule has 42 heavy (non-hydrogen) atoms. The number of unbranched alkanes of at least 4 members (excludes halogenated alkanes) is 1. The first-order valence-electron chi connectivity index (χ1n) is 14.9. The van der Waals surface area contributed by atoms with Crippen molar-refractivity contribution in [2.75, 3.05) is 26.4 Å². The first-order chi connectivity index (χ1) is 20.6. The van der Waals surface area contributed by atoms with Crippen LogP contribution in [0.1, 0.15) is 49.0 Å². The normalized spacial score (nSPS) is 18.7. The zero-order chi connectivity index (χ0) is 28.7. The highest BCUT2D eigenvalue weighted by atomic mass is 16.6. The van der Waals surface area contributed by atoms with E-state index in [2.05, 4.69) is 0 Å². The van der Waals surface area contributed by atoms with Crippen LogP contribution in [0.5, 0.6) is 11.5 Å². The fourth-order valence-corrected chi connectivity index (χ4v) is 5.00. The van der Waals surface area contributed by atoms with Crippen molar-refractivity contribution in [1.29, 1.82) is 0 Å². The Morgan fingerprint density at radius 1 is 0.524 bits per heavy atom. The van der Waals surface area contributed by atoms with Gasteiger partial charge in [-0.1, -0.05) is 85.6 Å². The molecular formula is C36H38O6. The van der Waals surface area contributed by atoms with Gasteiger partial charge in [0, 0.05) is 0 Å². The van der Waals surface area contributed by atoms with Gasteiger partial charge >= 0.3 is 0 Å². The van der Waals surface area contributed by atoms with E-state index in [1.54, 1.807) is 0 Å². The third-order valence-electron chi connectivity index (χ3n) is 7.85. The van der Waals surface area contributed by atoms with Crippen LogP contribution in [0.25, 0.3) is 22.3 Å². The summed E-state index contributed by atoms with van der Waals surface area (Å²) in [6.07, 6.45) is 2.46. The van der Waals surface area contributed by atoms with Gasteiger partial charge in [0.05, 0.1) is 25.4 Å². The molecule has 2 fully saturated rings. The Hall–Kier alpha value is -3.68. The van der Waals surface area contributed by atoms with E-state index in [0.29, 0.717) is 26.1 Å². The SMILES string of the molecule is OC(CCCCC(O)c1ccc(-c2ccc(OCC3CO3)cc2)cc1)c1ccc(-c2ccc(OCC3CO3)cc2)cc1. The minimum atomic E-state index is -0.519. The molecular weight excluding hydrogens is 528 g/mol. The van der Waals surface area contributed by atoms with Crippen molar-refractivity contribution in [3.05, 3.63) is 108 Å². The van der Waals surface area contributed by atoms with Gasteiger partial charge in [-0.15, -0.1) is 0 Å². The third-order valence-corrected chi connectivity index (χ3v) is 7.85. The molecule has 0 saturated carbocycles. The van der Waals surface area contributed by atoms with Gasteiger partial charge in [-0.3, -0.25) is 0 Å². The second-order valence-corrected chi connectivity index (χ2v) is 11.1. The second kappa shape index (κ2) is 13.5. The number of hydrogen-bond donors (Lipinski definition) is 2. The van der Waals surface area contributed by atoms with Crippen molar-refractivity contribution in [3.8, 4) is 33.8 Å². The Morgan fingerprint density at radius 2 is 0.833 bits per heavy atom. The zero-order valence-corrected chi connectivity index (χ0v) is 23.7. The largest absolute Gasteiger partial charge is 0.491 e. The molecule has 0 amide bonds. The second-order valence-electron chi connectivity index (χ2n) is 11.1. The van der Waals surface area contributed by atoms with E-state index in [1.165, 1.54) is 0 Å². The molecule has 6 rings (SSSR count). The molecule has 6 nitrogen and oxygen atoms in total. The van der Waals surface area contributed by atoms with Crippen molar-refractivity contribution >= 4 is 0 Å². The summed E-state index contributed by atoms with van der Waals surface area (Å²) < 4.78 is 21.8. The molecule has 0 radical (unpaired) electrons. The van der Waals surface area contributed by atoms with E-state index in [-0.39, 0.29) is 12.2 Å². The summed E-state index contributed by atoms with van der Waals surface area (Å²) in [7, 11) is 0. The Kier molecular flexibility index (Phi) is 9.16. The summed E-state index contributed by atoms with van der Waals surface area (Å²) in [6.45, 7) is 2.78. The number of ether oxygens (including phenoxy) is 4. The molecule has 4 atom stereocenters. The summed E-state index contributed by atoms with van der Waals surface area (Å²) in [6, 6.07) is 32.3. The molecule has 0 spiro atoms. The molecule has 2 heterocycles. The fourth-order valence-electron chi connectivity index (χ4n) is 5.00. The van der Waals surface area contributed by atoms with Gasteiger partial charge in [0.2, 0.25) is 0 Å².